The van der Waals surface area contributed by atoms with Crippen molar-refractivity contribution in [3.05, 3.63) is 0 Å². The number of esters is 2. The molecular formula is C35H69O5P. The van der Waals surface area contributed by atoms with Crippen molar-refractivity contribution >= 4 is 21.4 Å². The second-order valence-corrected chi connectivity index (χ2v) is 12.4. The monoisotopic (exact) mass is 600 g/mol. The molecule has 0 radical (unpaired) electrons. The summed E-state index contributed by atoms with van der Waals surface area (Å²) < 4.78 is 16.0. The zero-order valence-electron chi connectivity index (χ0n) is 27.4. The van der Waals surface area contributed by atoms with Gasteiger partial charge in [-0.2, -0.15) is 0 Å². The first-order chi connectivity index (χ1) is 20.1. The Balaban J connectivity index is 3.63. The molecule has 0 heterocycles. The highest BCUT2D eigenvalue weighted by Gasteiger charge is 2.17. The van der Waals surface area contributed by atoms with Gasteiger partial charge in [0.25, 0.3) is 0 Å². The maximum atomic E-state index is 12.3. The number of unbranched alkanes of at least 4 members (excludes halogenated alkanes) is 24. The third-order valence-corrected chi connectivity index (χ3v) is 8.17. The van der Waals surface area contributed by atoms with E-state index in [0.717, 1.165) is 25.7 Å². The van der Waals surface area contributed by atoms with E-state index in [0.29, 0.717) is 12.8 Å². The second kappa shape index (κ2) is 33.8. The first-order valence-corrected chi connectivity index (χ1v) is 18.3. The van der Waals surface area contributed by atoms with Crippen molar-refractivity contribution in [3.63, 3.8) is 0 Å². The smallest absolute Gasteiger partial charge is 0.306 e. The van der Waals surface area contributed by atoms with Gasteiger partial charge in [0.2, 0.25) is 0 Å². The minimum Gasteiger partial charge on any atom is -0.462 e. The molecule has 2 unspecified atom stereocenters. The van der Waals surface area contributed by atoms with Crippen molar-refractivity contribution in [1.29, 1.82) is 0 Å². The third kappa shape index (κ3) is 32.1. The molecule has 0 aliphatic rings. The van der Waals surface area contributed by atoms with Crippen LogP contribution in [0.1, 0.15) is 194 Å². The maximum absolute atomic E-state index is 12.3. The Kier molecular flexibility index (Phi) is 33.3. The number of carbonyl (C=O) groups excluding carboxylic acids is 2. The lowest BCUT2D eigenvalue weighted by Crippen LogP contribution is -2.28. The number of hydrogen-bond acceptors (Lipinski definition) is 5. The zero-order valence-corrected chi connectivity index (χ0v) is 28.6. The SMILES string of the molecule is CCCCCCCCCCCCCCCC(=O)OCC(COP)OC(=O)CCCCCCCCCCCCCCC. The molecule has 0 amide bonds. The molecule has 0 aliphatic heterocycles. The first-order valence-electron chi connectivity index (χ1n) is 17.8. The Bertz CT molecular complexity index is 557. The molecule has 0 aromatic heterocycles. The van der Waals surface area contributed by atoms with Crippen LogP contribution in [0.25, 0.3) is 0 Å². The topological polar surface area (TPSA) is 61.8 Å². The summed E-state index contributed by atoms with van der Waals surface area (Å²) in [5.41, 5.74) is 0. The van der Waals surface area contributed by atoms with Gasteiger partial charge in [0.1, 0.15) is 6.61 Å². The van der Waals surface area contributed by atoms with Crippen LogP contribution in [-0.4, -0.2) is 31.3 Å². The van der Waals surface area contributed by atoms with Crippen LogP contribution in [0.5, 0.6) is 0 Å². The lowest BCUT2D eigenvalue weighted by atomic mass is 10.0. The average Bonchev–Trinajstić information content (AvgIpc) is 2.96. The molecular weight excluding hydrogens is 531 g/mol. The van der Waals surface area contributed by atoms with E-state index in [1.54, 1.807) is 0 Å². The molecule has 5 nitrogen and oxygen atoms in total. The number of carbonyl (C=O) groups is 2. The molecule has 6 heteroatoms. The normalized spacial score (nSPS) is 12.0. The molecule has 0 aromatic rings. The Labute approximate surface area is 257 Å². The highest BCUT2D eigenvalue weighted by Crippen LogP contribution is 2.15. The summed E-state index contributed by atoms with van der Waals surface area (Å²) in [6.07, 6.45) is 33.6. The van der Waals surface area contributed by atoms with E-state index in [9.17, 15) is 9.59 Å². The van der Waals surface area contributed by atoms with Crippen LogP contribution in [0, 0.1) is 0 Å². The summed E-state index contributed by atoms with van der Waals surface area (Å²) >= 11 is 0. The van der Waals surface area contributed by atoms with Crippen LogP contribution in [-0.2, 0) is 23.6 Å². The van der Waals surface area contributed by atoms with Crippen LogP contribution in [0.4, 0.5) is 0 Å². The summed E-state index contributed by atoms with van der Waals surface area (Å²) in [5.74, 6) is -0.443. The van der Waals surface area contributed by atoms with E-state index in [1.165, 1.54) is 141 Å². The van der Waals surface area contributed by atoms with Gasteiger partial charge in [-0.15, -0.1) is 0 Å². The molecule has 244 valence electrons. The van der Waals surface area contributed by atoms with Crippen LogP contribution < -0.4 is 0 Å². The quantitative estimate of drug-likeness (QED) is 0.0426. The van der Waals surface area contributed by atoms with Crippen molar-refractivity contribution in [2.45, 2.75) is 200 Å². The Morgan fingerprint density at radius 3 is 1.12 bits per heavy atom. The molecule has 2 atom stereocenters. The van der Waals surface area contributed by atoms with Crippen molar-refractivity contribution < 1.29 is 23.6 Å². The Morgan fingerprint density at radius 2 is 0.780 bits per heavy atom. The third-order valence-electron chi connectivity index (χ3n) is 7.98. The second-order valence-electron chi connectivity index (χ2n) is 12.1. The van der Waals surface area contributed by atoms with Crippen molar-refractivity contribution in [3.8, 4) is 0 Å². The summed E-state index contributed by atoms with van der Waals surface area (Å²) in [5, 5.41) is 0. The molecule has 0 fully saturated rings. The fraction of sp³-hybridized carbons (Fsp3) is 0.943. The molecule has 0 aromatic carbocycles. The van der Waals surface area contributed by atoms with Crippen LogP contribution in [0.15, 0.2) is 0 Å². The fourth-order valence-corrected chi connectivity index (χ4v) is 5.52. The Morgan fingerprint density at radius 1 is 0.463 bits per heavy atom. The van der Waals surface area contributed by atoms with E-state index in [2.05, 4.69) is 23.3 Å². The summed E-state index contributed by atoms with van der Waals surface area (Å²) in [4.78, 5) is 24.4. The predicted octanol–water partition coefficient (Wildman–Crippen LogP) is 11.2. The maximum Gasteiger partial charge on any atom is 0.306 e. The van der Waals surface area contributed by atoms with Crippen LogP contribution in [0.2, 0.25) is 0 Å². The van der Waals surface area contributed by atoms with E-state index < -0.39 is 6.10 Å². The van der Waals surface area contributed by atoms with Gasteiger partial charge in [-0.05, 0) is 12.8 Å². The van der Waals surface area contributed by atoms with Gasteiger partial charge in [0, 0.05) is 22.3 Å². The molecule has 0 spiro atoms. The van der Waals surface area contributed by atoms with Gasteiger partial charge in [-0.25, -0.2) is 0 Å². The largest absolute Gasteiger partial charge is 0.462 e. The first kappa shape index (κ1) is 40.3. The van der Waals surface area contributed by atoms with E-state index in [4.69, 9.17) is 14.0 Å². The molecule has 0 aliphatic carbocycles. The lowest BCUT2D eigenvalue weighted by Gasteiger charge is -2.17. The van der Waals surface area contributed by atoms with E-state index >= 15 is 0 Å². The van der Waals surface area contributed by atoms with Gasteiger partial charge in [0.15, 0.2) is 6.10 Å². The van der Waals surface area contributed by atoms with E-state index in [1.807, 2.05) is 0 Å². The number of hydrogen-bond donors (Lipinski definition) is 0. The van der Waals surface area contributed by atoms with Crippen molar-refractivity contribution in [2.75, 3.05) is 13.2 Å². The van der Waals surface area contributed by atoms with Crippen molar-refractivity contribution in [1.82, 2.24) is 0 Å². The van der Waals surface area contributed by atoms with Gasteiger partial charge in [0.05, 0.1) is 6.61 Å². The van der Waals surface area contributed by atoms with Gasteiger partial charge in [-0.1, -0.05) is 168 Å². The van der Waals surface area contributed by atoms with Crippen LogP contribution >= 0.6 is 9.47 Å². The van der Waals surface area contributed by atoms with E-state index in [-0.39, 0.29) is 25.2 Å². The standard InChI is InChI=1S/C35H69O5P/c1-3-5-7-9-11-13-15-17-19-21-23-25-27-29-34(36)38-31-33(32-39-41)40-35(37)30-28-26-24-22-20-18-16-14-12-10-8-6-4-2/h33H,3-32,41H2,1-2H3. The summed E-state index contributed by atoms with van der Waals surface area (Å²) in [6, 6.07) is 0. The number of ether oxygens (including phenoxy) is 2. The molecule has 0 saturated heterocycles. The summed E-state index contributed by atoms with van der Waals surface area (Å²) in [7, 11) is 2.18. The fourth-order valence-electron chi connectivity index (χ4n) is 5.30. The lowest BCUT2D eigenvalue weighted by molar-refractivity contribution is -0.160. The molecule has 0 saturated carbocycles. The molecule has 0 bridgehead atoms. The minimum atomic E-state index is -0.544. The van der Waals surface area contributed by atoms with Gasteiger partial charge in [-0.3, -0.25) is 9.59 Å². The molecule has 41 heavy (non-hydrogen) atoms. The Hall–Kier alpha value is -0.670. The van der Waals surface area contributed by atoms with Gasteiger partial charge < -0.3 is 14.0 Å². The summed E-state index contributed by atoms with van der Waals surface area (Å²) in [6.45, 7) is 4.81. The zero-order chi connectivity index (χ0) is 30.1. The van der Waals surface area contributed by atoms with Gasteiger partial charge >= 0.3 is 11.9 Å². The highest BCUT2D eigenvalue weighted by atomic mass is 31.0. The highest BCUT2D eigenvalue weighted by molar-refractivity contribution is 7.09. The minimum absolute atomic E-state index is 0.0655. The molecule has 0 rings (SSSR count). The van der Waals surface area contributed by atoms with Crippen molar-refractivity contribution in [2.24, 2.45) is 0 Å². The number of rotatable bonds is 33. The molecule has 0 N–H and O–H groups in total. The van der Waals surface area contributed by atoms with Crippen LogP contribution in [0.3, 0.4) is 0 Å². The average molecular weight is 601 g/mol. The predicted molar refractivity (Wildman–Crippen MR) is 177 cm³/mol.